The molecule has 0 unspecified atom stereocenters. The lowest BCUT2D eigenvalue weighted by atomic mass is 9.79. The van der Waals surface area contributed by atoms with Gasteiger partial charge in [0.25, 0.3) is 0 Å². The number of nitroso groups, excluding NO2 is 1. The third kappa shape index (κ3) is 8.62. The smallest absolute Gasteiger partial charge is 0.335 e. The molecule has 2 aromatic rings. The van der Waals surface area contributed by atoms with Crippen molar-refractivity contribution in [1.82, 2.24) is 25.1 Å². The quantitative estimate of drug-likeness (QED) is 0.308. The number of nitrogens with one attached hydrogen (secondary N) is 1. The van der Waals surface area contributed by atoms with Crippen LogP contribution >= 0.6 is 23.2 Å². The van der Waals surface area contributed by atoms with Gasteiger partial charge >= 0.3 is 6.03 Å². The van der Waals surface area contributed by atoms with Gasteiger partial charge in [-0.15, -0.1) is 28.1 Å². The molecule has 34 heavy (non-hydrogen) atoms. The van der Waals surface area contributed by atoms with E-state index in [0.717, 1.165) is 16.7 Å². The molecule has 0 aliphatic carbocycles. The Morgan fingerprint density at radius 1 is 1.12 bits per heavy atom. The van der Waals surface area contributed by atoms with Crippen LogP contribution in [0.4, 0.5) is 4.79 Å². The number of benzene rings is 1. The summed E-state index contributed by atoms with van der Waals surface area (Å²) in [6.07, 6.45) is 3.14. The summed E-state index contributed by atoms with van der Waals surface area (Å²) in [6.45, 7) is 8.47. The minimum atomic E-state index is -0.612. The van der Waals surface area contributed by atoms with Gasteiger partial charge in [0.15, 0.2) is 0 Å². The number of nitriles is 2. The highest BCUT2D eigenvalue weighted by molar-refractivity contribution is 6.18. The Balaban J connectivity index is 0.000000411. The van der Waals surface area contributed by atoms with Crippen molar-refractivity contribution in [1.29, 1.82) is 10.5 Å². The van der Waals surface area contributed by atoms with Crippen LogP contribution in [0.1, 0.15) is 44.4 Å². The number of rotatable bonds is 9. The summed E-state index contributed by atoms with van der Waals surface area (Å²) < 4.78 is 1.72. The lowest BCUT2D eigenvalue weighted by Gasteiger charge is -2.23. The third-order valence-electron chi connectivity index (χ3n) is 4.81. The fourth-order valence-electron chi connectivity index (χ4n) is 2.64. The van der Waals surface area contributed by atoms with Gasteiger partial charge in [-0.2, -0.15) is 20.6 Å². The highest BCUT2D eigenvalue weighted by Crippen LogP contribution is 2.30. The van der Waals surface area contributed by atoms with Crippen molar-refractivity contribution in [2.24, 2.45) is 5.29 Å². The van der Waals surface area contributed by atoms with Crippen molar-refractivity contribution in [3.63, 3.8) is 0 Å². The monoisotopic (exact) mass is 506 g/mol. The Morgan fingerprint density at radius 3 is 2.12 bits per heavy atom. The highest BCUT2D eigenvalue weighted by atomic mass is 35.5. The van der Waals surface area contributed by atoms with Crippen molar-refractivity contribution in [2.75, 3.05) is 24.8 Å². The number of hydrogen-bond acceptors (Lipinski definition) is 7. The van der Waals surface area contributed by atoms with Crippen LogP contribution in [0.25, 0.3) is 0 Å². The van der Waals surface area contributed by atoms with Crippen molar-refractivity contribution in [3.05, 3.63) is 52.5 Å². The van der Waals surface area contributed by atoms with Crippen LogP contribution in [0.3, 0.4) is 0 Å². The second-order valence-corrected chi connectivity index (χ2v) is 9.06. The molecule has 0 saturated heterocycles. The second kappa shape index (κ2) is 13.5. The topological polar surface area (TPSA) is 140 Å². The Bertz CT molecular complexity index is 982. The summed E-state index contributed by atoms with van der Waals surface area (Å²) in [4.78, 5) is 24.9. The van der Waals surface area contributed by atoms with E-state index < -0.39 is 16.9 Å². The first kappa shape index (κ1) is 28.8. The van der Waals surface area contributed by atoms with Crippen LogP contribution in [0, 0.1) is 27.6 Å². The zero-order chi connectivity index (χ0) is 25.8. The molecule has 1 heterocycles. The van der Waals surface area contributed by atoms with E-state index in [4.69, 9.17) is 23.2 Å². The van der Waals surface area contributed by atoms with Gasteiger partial charge < -0.3 is 5.32 Å². The molecule has 1 aromatic carbocycles. The molecule has 10 nitrogen and oxygen atoms in total. The number of aromatic nitrogens is 3. The third-order valence-corrected chi connectivity index (χ3v) is 5.16. The van der Waals surface area contributed by atoms with Crippen LogP contribution in [-0.4, -0.2) is 50.7 Å². The number of hydrogen-bond donors (Lipinski definition) is 1. The lowest BCUT2D eigenvalue weighted by molar-refractivity contribution is 0.203. The van der Waals surface area contributed by atoms with E-state index >= 15 is 0 Å². The molecule has 0 spiro atoms. The number of alkyl halides is 2. The molecule has 0 atom stereocenters. The van der Waals surface area contributed by atoms with Crippen molar-refractivity contribution in [2.45, 2.75) is 45.1 Å². The maximum atomic E-state index is 10.9. The van der Waals surface area contributed by atoms with E-state index in [1.54, 1.807) is 11.0 Å². The van der Waals surface area contributed by atoms with Crippen LogP contribution < -0.4 is 5.32 Å². The van der Waals surface area contributed by atoms with Crippen molar-refractivity contribution >= 4 is 29.2 Å². The molecule has 0 fully saturated rings. The number of carbonyl (C=O) groups excluding carboxylic acids is 1. The van der Waals surface area contributed by atoms with E-state index in [2.05, 4.69) is 32.8 Å². The van der Waals surface area contributed by atoms with Gasteiger partial charge in [-0.3, -0.25) is 0 Å². The summed E-state index contributed by atoms with van der Waals surface area (Å²) in [6, 6.07) is 10.0. The summed E-state index contributed by atoms with van der Waals surface area (Å²) in [5, 5.41) is 28.5. The number of amides is 2. The highest BCUT2D eigenvalue weighted by Gasteiger charge is 2.26. The van der Waals surface area contributed by atoms with Gasteiger partial charge in [-0.05, 0) is 44.4 Å². The molecule has 0 saturated carbocycles. The van der Waals surface area contributed by atoms with Crippen LogP contribution in [0.2, 0.25) is 0 Å². The van der Waals surface area contributed by atoms with Crippen LogP contribution in [0.5, 0.6) is 0 Å². The maximum Gasteiger partial charge on any atom is 0.340 e. The first-order chi connectivity index (χ1) is 16.0. The zero-order valence-electron chi connectivity index (χ0n) is 19.6. The standard InChI is InChI=1S/C17H19N5.C5H9Cl2N3O2/c1-16(2,9-18)14-5-13(8-22-12-20-11-21-22)6-15(7-14)17(3,4)10-19;6-1-3-8-5(11)10(9-12)4-2-7/h5-7,11-12H,8H2,1-4H3;1-4H2,(H,8,11). The number of halogens is 2. The first-order valence-electron chi connectivity index (χ1n) is 10.3. The van der Waals surface area contributed by atoms with E-state index in [1.807, 2.05) is 45.9 Å². The second-order valence-electron chi connectivity index (χ2n) is 8.30. The Hall–Kier alpha value is -3.21. The molecule has 1 N–H and O–H groups in total. The molecule has 0 radical (unpaired) electrons. The molecular weight excluding hydrogens is 479 g/mol. The van der Waals surface area contributed by atoms with Crippen LogP contribution in [0.15, 0.2) is 36.1 Å². The molecule has 2 amide bonds. The fourth-order valence-corrected chi connectivity index (χ4v) is 2.90. The largest absolute Gasteiger partial charge is 0.340 e. The summed E-state index contributed by atoms with van der Waals surface area (Å²) in [7, 11) is 0. The predicted octanol–water partition coefficient (Wildman–Crippen LogP) is 4.09. The number of carbonyl (C=O) groups is 1. The first-order valence-corrected chi connectivity index (χ1v) is 11.4. The number of urea groups is 1. The van der Waals surface area contributed by atoms with Crippen molar-refractivity contribution < 1.29 is 4.79 Å². The molecule has 0 aliphatic rings. The zero-order valence-corrected chi connectivity index (χ0v) is 21.1. The van der Waals surface area contributed by atoms with Gasteiger partial charge in [0.2, 0.25) is 0 Å². The lowest BCUT2D eigenvalue weighted by Crippen LogP contribution is -2.38. The van der Waals surface area contributed by atoms with E-state index in [-0.39, 0.29) is 12.4 Å². The average molecular weight is 507 g/mol. The van der Waals surface area contributed by atoms with E-state index in [0.29, 0.717) is 24.0 Å². The number of nitrogens with zero attached hydrogens (tertiary/aromatic N) is 7. The van der Waals surface area contributed by atoms with Gasteiger partial charge in [0, 0.05) is 18.3 Å². The SMILES string of the molecule is CC(C)(C#N)c1cc(Cn2cncn2)cc(C(C)(C)C#N)c1.O=NN(CCCl)C(=O)NCCCl. The summed E-state index contributed by atoms with van der Waals surface area (Å²) in [5.41, 5.74) is 1.60. The molecule has 0 bridgehead atoms. The molecule has 12 heteroatoms. The van der Waals surface area contributed by atoms with E-state index in [9.17, 15) is 20.2 Å². The summed E-state index contributed by atoms with van der Waals surface area (Å²) in [5.74, 6) is 0.458. The average Bonchev–Trinajstić information content (AvgIpc) is 3.34. The van der Waals surface area contributed by atoms with Crippen molar-refractivity contribution in [3.8, 4) is 12.1 Å². The summed E-state index contributed by atoms with van der Waals surface area (Å²) >= 11 is 10.6. The van der Waals surface area contributed by atoms with Gasteiger partial charge in [0.05, 0.1) is 41.3 Å². The fraction of sp³-hybridized carbons (Fsp3) is 0.500. The van der Waals surface area contributed by atoms with Gasteiger partial charge in [-0.25, -0.2) is 14.5 Å². The predicted molar refractivity (Wildman–Crippen MR) is 130 cm³/mol. The Kier molecular flexibility index (Phi) is 11.4. The molecule has 2 rings (SSSR count). The molecule has 0 aliphatic heterocycles. The Morgan fingerprint density at radius 2 is 1.71 bits per heavy atom. The molecule has 1 aromatic heterocycles. The normalized spacial score (nSPS) is 10.8. The Labute approximate surface area is 209 Å². The molecule has 182 valence electrons. The minimum Gasteiger partial charge on any atom is -0.335 e. The van der Waals surface area contributed by atoms with E-state index in [1.165, 1.54) is 6.33 Å². The van der Waals surface area contributed by atoms with Gasteiger partial charge in [0.1, 0.15) is 12.7 Å². The van der Waals surface area contributed by atoms with Crippen LogP contribution in [-0.2, 0) is 17.4 Å². The minimum absolute atomic E-state index is 0.0964. The molecular formula is C22H28Cl2N8O2. The maximum absolute atomic E-state index is 10.9. The van der Waals surface area contributed by atoms with Gasteiger partial charge in [-0.1, -0.05) is 18.2 Å².